The quantitative estimate of drug-likeness (QED) is 0.597. The Labute approximate surface area is 145 Å². The van der Waals surface area contributed by atoms with Crippen molar-refractivity contribution in [3.8, 4) is 0 Å². The summed E-state index contributed by atoms with van der Waals surface area (Å²) in [5.41, 5.74) is 0.219. The molecule has 0 bridgehead atoms. The maximum absolute atomic E-state index is 14.4. The summed E-state index contributed by atoms with van der Waals surface area (Å²) in [6.45, 7) is -0.122. The van der Waals surface area contributed by atoms with E-state index >= 15 is 0 Å². The van der Waals surface area contributed by atoms with E-state index in [9.17, 15) is 22.7 Å². The van der Waals surface area contributed by atoms with E-state index in [1.165, 1.54) is 12.1 Å². The fraction of sp³-hybridized carbons (Fsp3) is 0.278. The predicted octanol–water partition coefficient (Wildman–Crippen LogP) is 4.49. The average molecular weight is 365 g/mol. The van der Waals surface area contributed by atoms with Gasteiger partial charge in [0.1, 0.15) is 11.6 Å². The number of anilines is 2. The van der Waals surface area contributed by atoms with Crippen LogP contribution in [0, 0.1) is 5.82 Å². The van der Waals surface area contributed by atoms with Crippen LogP contribution in [0.3, 0.4) is 0 Å². The first-order valence-corrected chi connectivity index (χ1v) is 8.05. The number of pyridine rings is 1. The Bertz CT molecular complexity index is 959. The van der Waals surface area contributed by atoms with Gasteiger partial charge in [0.05, 0.1) is 23.4 Å². The highest BCUT2D eigenvalue weighted by Crippen LogP contribution is 2.49. The van der Waals surface area contributed by atoms with Crippen LogP contribution in [-0.2, 0) is 11.6 Å². The van der Waals surface area contributed by atoms with E-state index in [0.29, 0.717) is 22.2 Å². The number of alkyl halides is 3. The van der Waals surface area contributed by atoms with E-state index in [1.807, 2.05) is 0 Å². The summed E-state index contributed by atoms with van der Waals surface area (Å²) in [5, 5.41) is 13.2. The molecule has 1 saturated carbocycles. The van der Waals surface area contributed by atoms with Crippen molar-refractivity contribution in [2.75, 3.05) is 11.9 Å². The number of aromatic amines is 1. The molecule has 26 heavy (non-hydrogen) atoms. The number of aliphatic hydroxyl groups is 1. The minimum absolute atomic E-state index is 0.122. The first-order chi connectivity index (χ1) is 12.3. The molecule has 1 aliphatic rings. The molecule has 0 unspecified atom stereocenters. The van der Waals surface area contributed by atoms with Gasteiger partial charge in [0, 0.05) is 23.2 Å². The topological polar surface area (TPSA) is 60.9 Å². The van der Waals surface area contributed by atoms with Gasteiger partial charge in [0.15, 0.2) is 0 Å². The van der Waals surface area contributed by atoms with Crippen molar-refractivity contribution in [1.82, 2.24) is 9.97 Å². The van der Waals surface area contributed by atoms with Crippen LogP contribution in [-0.4, -0.2) is 21.7 Å². The SMILES string of the molecule is OCC1(c2cc3c(Nc4ccc(C(F)(F)F)cn4)c[nH]c3cc2F)CC1. The third-order valence-electron chi connectivity index (χ3n) is 4.85. The van der Waals surface area contributed by atoms with Gasteiger partial charge in [0.25, 0.3) is 0 Å². The smallest absolute Gasteiger partial charge is 0.395 e. The maximum Gasteiger partial charge on any atom is 0.417 e. The van der Waals surface area contributed by atoms with Crippen molar-refractivity contribution >= 4 is 22.4 Å². The van der Waals surface area contributed by atoms with Gasteiger partial charge in [-0.1, -0.05) is 0 Å². The van der Waals surface area contributed by atoms with Gasteiger partial charge in [-0.2, -0.15) is 13.2 Å². The van der Waals surface area contributed by atoms with Crippen LogP contribution < -0.4 is 5.32 Å². The molecule has 1 aliphatic carbocycles. The molecule has 3 N–H and O–H groups in total. The summed E-state index contributed by atoms with van der Waals surface area (Å²) in [6.07, 6.45) is -0.639. The van der Waals surface area contributed by atoms with E-state index in [1.54, 1.807) is 12.3 Å². The van der Waals surface area contributed by atoms with E-state index in [0.717, 1.165) is 25.1 Å². The van der Waals surface area contributed by atoms with Crippen LogP contribution in [0.4, 0.5) is 29.1 Å². The molecule has 4 nitrogen and oxygen atoms in total. The number of halogens is 4. The van der Waals surface area contributed by atoms with E-state index in [2.05, 4.69) is 15.3 Å². The van der Waals surface area contributed by atoms with Crippen molar-refractivity contribution in [2.45, 2.75) is 24.4 Å². The first-order valence-electron chi connectivity index (χ1n) is 8.05. The van der Waals surface area contributed by atoms with Crippen molar-refractivity contribution < 1.29 is 22.7 Å². The highest BCUT2D eigenvalue weighted by Gasteiger charge is 2.45. The molecule has 2 aromatic heterocycles. The third-order valence-corrected chi connectivity index (χ3v) is 4.85. The highest BCUT2D eigenvalue weighted by atomic mass is 19.4. The molecule has 0 radical (unpaired) electrons. The monoisotopic (exact) mass is 365 g/mol. The molecule has 1 aromatic carbocycles. The van der Waals surface area contributed by atoms with Gasteiger partial charge in [-0.15, -0.1) is 0 Å². The van der Waals surface area contributed by atoms with E-state index < -0.39 is 17.2 Å². The molecule has 0 amide bonds. The number of rotatable bonds is 4. The number of benzene rings is 1. The van der Waals surface area contributed by atoms with Crippen LogP contribution in [0.5, 0.6) is 0 Å². The van der Waals surface area contributed by atoms with Crippen LogP contribution >= 0.6 is 0 Å². The van der Waals surface area contributed by atoms with Gasteiger partial charge in [-0.25, -0.2) is 9.37 Å². The van der Waals surface area contributed by atoms with Gasteiger partial charge >= 0.3 is 6.18 Å². The summed E-state index contributed by atoms with van der Waals surface area (Å²) in [4.78, 5) is 6.71. The van der Waals surface area contributed by atoms with Crippen LogP contribution in [0.2, 0.25) is 0 Å². The average Bonchev–Trinajstić information content (AvgIpc) is 3.31. The Hall–Kier alpha value is -2.61. The molecule has 136 valence electrons. The molecule has 4 rings (SSSR count). The Morgan fingerprint density at radius 2 is 2.00 bits per heavy atom. The second-order valence-electron chi connectivity index (χ2n) is 6.57. The molecule has 0 saturated heterocycles. The van der Waals surface area contributed by atoms with Gasteiger partial charge in [-0.3, -0.25) is 0 Å². The lowest BCUT2D eigenvalue weighted by Crippen LogP contribution is -2.14. The largest absolute Gasteiger partial charge is 0.417 e. The van der Waals surface area contributed by atoms with Crippen LogP contribution in [0.15, 0.2) is 36.7 Å². The molecule has 0 atom stereocenters. The van der Waals surface area contributed by atoms with Gasteiger partial charge in [0.2, 0.25) is 0 Å². The Balaban J connectivity index is 1.68. The molecule has 8 heteroatoms. The molecule has 0 spiro atoms. The number of hydrogen-bond acceptors (Lipinski definition) is 3. The van der Waals surface area contributed by atoms with E-state index in [4.69, 9.17) is 0 Å². The minimum Gasteiger partial charge on any atom is -0.395 e. The van der Waals surface area contributed by atoms with Crippen LogP contribution in [0.25, 0.3) is 10.9 Å². The second-order valence-corrected chi connectivity index (χ2v) is 6.57. The maximum atomic E-state index is 14.4. The lowest BCUT2D eigenvalue weighted by atomic mass is 9.95. The lowest BCUT2D eigenvalue weighted by Gasteiger charge is -2.14. The van der Waals surface area contributed by atoms with Crippen molar-refractivity contribution in [3.63, 3.8) is 0 Å². The zero-order chi connectivity index (χ0) is 18.5. The minimum atomic E-state index is -4.44. The molecular weight excluding hydrogens is 350 g/mol. The zero-order valence-electron chi connectivity index (χ0n) is 13.5. The lowest BCUT2D eigenvalue weighted by molar-refractivity contribution is -0.137. The Morgan fingerprint density at radius 3 is 2.58 bits per heavy atom. The van der Waals surface area contributed by atoms with Gasteiger partial charge in [-0.05, 0) is 42.7 Å². The molecule has 0 aliphatic heterocycles. The van der Waals surface area contributed by atoms with Crippen molar-refractivity contribution in [3.05, 3.63) is 53.6 Å². The standard InChI is InChI=1S/C18H15F4N3O/c19-13-6-14-11(5-12(13)17(9-26)3-4-17)15(8-23-14)25-16-2-1-10(7-24-16)18(20,21)22/h1-2,5-8,23,26H,3-4,9H2,(H,24,25). The number of H-pyrrole nitrogens is 1. The van der Waals surface area contributed by atoms with E-state index in [-0.39, 0.29) is 18.2 Å². The summed E-state index contributed by atoms with van der Waals surface area (Å²) in [7, 11) is 0. The molecule has 1 fully saturated rings. The van der Waals surface area contributed by atoms with Gasteiger partial charge < -0.3 is 15.4 Å². The summed E-state index contributed by atoms with van der Waals surface area (Å²) in [6, 6.07) is 5.23. The molecule has 2 heterocycles. The van der Waals surface area contributed by atoms with Crippen LogP contribution in [0.1, 0.15) is 24.0 Å². The van der Waals surface area contributed by atoms with Crippen molar-refractivity contribution in [2.24, 2.45) is 0 Å². The number of nitrogens with one attached hydrogen (secondary N) is 2. The summed E-state index contributed by atoms with van der Waals surface area (Å²) < 4.78 is 52.2. The summed E-state index contributed by atoms with van der Waals surface area (Å²) >= 11 is 0. The normalized spacial score (nSPS) is 16.0. The Kier molecular flexibility index (Phi) is 3.69. The fourth-order valence-electron chi connectivity index (χ4n) is 3.09. The third kappa shape index (κ3) is 2.80. The number of aliphatic hydroxyl groups excluding tert-OH is 1. The fourth-order valence-corrected chi connectivity index (χ4v) is 3.09. The summed E-state index contributed by atoms with van der Waals surface area (Å²) in [5.74, 6) is -0.141. The Morgan fingerprint density at radius 1 is 1.23 bits per heavy atom. The molecular formula is C18H15F4N3O. The number of hydrogen-bond donors (Lipinski definition) is 3. The second kappa shape index (κ2) is 5.70. The zero-order valence-corrected chi connectivity index (χ0v) is 13.5. The molecule has 3 aromatic rings. The highest BCUT2D eigenvalue weighted by molar-refractivity contribution is 5.94. The number of fused-ring (bicyclic) bond motifs is 1. The first kappa shape index (κ1) is 16.8. The number of aromatic nitrogens is 2. The van der Waals surface area contributed by atoms with Crippen molar-refractivity contribution in [1.29, 1.82) is 0 Å². The predicted molar refractivity (Wildman–Crippen MR) is 88.8 cm³/mol. The number of nitrogens with zero attached hydrogens (tertiary/aromatic N) is 1.